The highest BCUT2D eigenvalue weighted by atomic mass is 32.2. The molecular formula is C21H26N2O5S. The number of rotatable bonds is 8. The fraction of sp³-hybridized carbons (Fsp3) is 0.333. The first-order valence-corrected chi connectivity index (χ1v) is 10.7. The summed E-state index contributed by atoms with van der Waals surface area (Å²) in [5, 5.41) is 2.65. The fourth-order valence-electron chi connectivity index (χ4n) is 2.53. The number of esters is 1. The molecular weight excluding hydrogens is 392 g/mol. The number of sulfonamides is 1. The van der Waals surface area contributed by atoms with Gasteiger partial charge in [-0.1, -0.05) is 38.1 Å². The molecule has 2 N–H and O–H groups in total. The lowest BCUT2D eigenvalue weighted by Gasteiger charge is -2.20. The van der Waals surface area contributed by atoms with Crippen molar-refractivity contribution >= 4 is 27.6 Å². The average molecular weight is 419 g/mol. The van der Waals surface area contributed by atoms with E-state index in [1.807, 2.05) is 26.0 Å². The van der Waals surface area contributed by atoms with Crippen molar-refractivity contribution in [1.82, 2.24) is 4.72 Å². The van der Waals surface area contributed by atoms with E-state index in [-0.39, 0.29) is 10.8 Å². The van der Waals surface area contributed by atoms with Crippen molar-refractivity contribution in [3.05, 3.63) is 59.7 Å². The topological polar surface area (TPSA) is 102 Å². The summed E-state index contributed by atoms with van der Waals surface area (Å²) in [7, 11) is -3.90. The van der Waals surface area contributed by atoms with Gasteiger partial charge in [0.25, 0.3) is 5.91 Å². The Bertz CT molecular complexity index is 972. The summed E-state index contributed by atoms with van der Waals surface area (Å²) < 4.78 is 32.4. The van der Waals surface area contributed by atoms with E-state index in [1.165, 1.54) is 12.1 Å². The van der Waals surface area contributed by atoms with E-state index < -0.39 is 34.5 Å². The van der Waals surface area contributed by atoms with E-state index in [1.54, 1.807) is 38.1 Å². The van der Waals surface area contributed by atoms with Gasteiger partial charge in [0.1, 0.15) is 6.04 Å². The van der Waals surface area contributed by atoms with Crippen LogP contribution in [-0.2, 0) is 24.3 Å². The predicted octanol–water partition coefficient (Wildman–Crippen LogP) is 2.79. The number of carbonyl (C=O) groups excluding carboxylic acids is 2. The molecule has 1 atom stereocenters. The Morgan fingerprint density at radius 3 is 2.24 bits per heavy atom. The van der Waals surface area contributed by atoms with Crippen LogP contribution >= 0.6 is 0 Å². The lowest BCUT2D eigenvalue weighted by molar-refractivity contribution is -0.150. The maximum Gasteiger partial charge on any atom is 0.324 e. The van der Waals surface area contributed by atoms with Gasteiger partial charge < -0.3 is 10.1 Å². The minimum absolute atomic E-state index is 0.0472. The highest BCUT2D eigenvalue weighted by Crippen LogP contribution is 2.15. The van der Waals surface area contributed by atoms with Gasteiger partial charge in [-0.15, -0.1) is 0 Å². The van der Waals surface area contributed by atoms with Crippen LogP contribution in [0.1, 0.15) is 25.0 Å². The average Bonchev–Trinajstić information content (AvgIpc) is 2.67. The third-order valence-electron chi connectivity index (χ3n) is 4.39. The maximum absolute atomic E-state index is 12.5. The van der Waals surface area contributed by atoms with Crippen LogP contribution in [0, 0.1) is 19.8 Å². The zero-order valence-corrected chi connectivity index (χ0v) is 17.7. The SMILES string of the molecule is Cc1ccc(NC(=O)COC(=O)[C@@H](NS(=O)(=O)c2ccccc2)C(C)C)cc1C. The second kappa shape index (κ2) is 9.67. The van der Waals surface area contributed by atoms with Crippen molar-refractivity contribution in [3.8, 4) is 0 Å². The van der Waals surface area contributed by atoms with Gasteiger partial charge >= 0.3 is 5.97 Å². The van der Waals surface area contributed by atoms with Gasteiger partial charge in [0.2, 0.25) is 10.0 Å². The van der Waals surface area contributed by atoms with Crippen molar-refractivity contribution in [2.75, 3.05) is 11.9 Å². The largest absolute Gasteiger partial charge is 0.454 e. The van der Waals surface area contributed by atoms with Crippen molar-refractivity contribution < 1.29 is 22.7 Å². The summed E-state index contributed by atoms with van der Waals surface area (Å²) in [5.41, 5.74) is 2.72. The second-order valence-corrected chi connectivity index (χ2v) is 8.82. The standard InChI is InChI=1S/C21H26N2O5S/c1-14(2)20(23-29(26,27)18-8-6-5-7-9-18)21(25)28-13-19(24)22-17-11-10-15(3)16(4)12-17/h5-12,14,20,23H,13H2,1-4H3,(H,22,24)/t20-/m0/s1. The number of ether oxygens (including phenoxy) is 1. The zero-order chi connectivity index (χ0) is 21.6. The van der Waals surface area contributed by atoms with E-state index >= 15 is 0 Å². The number of nitrogens with one attached hydrogen (secondary N) is 2. The smallest absolute Gasteiger partial charge is 0.324 e. The molecule has 0 aliphatic rings. The van der Waals surface area contributed by atoms with Crippen LogP contribution in [0.4, 0.5) is 5.69 Å². The Balaban J connectivity index is 1.98. The van der Waals surface area contributed by atoms with Crippen LogP contribution in [0.15, 0.2) is 53.4 Å². The molecule has 0 aromatic heterocycles. The van der Waals surface area contributed by atoms with Crippen LogP contribution in [0.3, 0.4) is 0 Å². The molecule has 2 aromatic carbocycles. The summed E-state index contributed by atoms with van der Waals surface area (Å²) in [4.78, 5) is 24.6. The highest BCUT2D eigenvalue weighted by molar-refractivity contribution is 7.89. The Morgan fingerprint density at radius 1 is 1.00 bits per heavy atom. The molecule has 0 spiro atoms. The second-order valence-electron chi connectivity index (χ2n) is 7.11. The Hall–Kier alpha value is -2.71. The molecule has 0 aliphatic heterocycles. The van der Waals surface area contributed by atoms with E-state index in [4.69, 9.17) is 4.74 Å². The molecule has 29 heavy (non-hydrogen) atoms. The summed E-state index contributed by atoms with van der Waals surface area (Å²) in [6.07, 6.45) is 0. The molecule has 0 saturated carbocycles. The van der Waals surface area contributed by atoms with Gasteiger partial charge in [0.15, 0.2) is 6.61 Å². The number of benzene rings is 2. The quantitative estimate of drug-likeness (QED) is 0.642. The number of aryl methyl sites for hydroxylation is 2. The highest BCUT2D eigenvalue weighted by Gasteiger charge is 2.30. The zero-order valence-electron chi connectivity index (χ0n) is 16.9. The number of carbonyl (C=O) groups is 2. The molecule has 2 rings (SSSR count). The first-order valence-electron chi connectivity index (χ1n) is 9.21. The minimum Gasteiger partial charge on any atom is -0.454 e. The van der Waals surface area contributed by atoms with E-state index in [0.717, 1.165) is 11.1 Å². The van der Waals surface area contributed by atoms with E-state index in [2.05, 4.69) is 10.0 Å². The van der Waals surface area contributed by atoms with E-state index in [0.29, 0.717) is 5.69 Å². The predicted molar refractivity (Wildman–Crippen MR) is 111 cm³/mol. The molecule has 2 aromatic rings. The number of anilines is 1. The Morgan fingerprint density at radius 2 is 1.66 bits per heavy atom. The summed E-state index contributed by atoms with van der Waals surface area (Å²) in [5.74, 6) is -1.69. The normalized spacial score (nSPS) is 12.4. The Labute approximate surface area is 171 Å². The summed E-state index contributed by atoms with van der Waals surface area (Å²) in [6, 6.07) is 12.1. The first-order chi connectivity index (χ1) is 13.6. The minimum atomic E-state index is -3.90. The first kappa shape index (κ1) is 22.6. The van der Waals surface area contributed by atoms with Gasteiger partial charge in [-0.3, -0.25) is 9.59 Å². The van der Waals surface area contributed by atoms with Gasteiger partial charge in [-0.2, -0.15) is 4.72 Å². The van der Waals surface area contributed by atoms with Crippen LogP contribution in [0.25, 0.3) is 0 Å². The van der Waals surface area contributed by atoms with Crippen molar-refractivity contribution in [3.63, 3.8) is 0 Å². The summed E-state index contributed by atoms with van der Waals surface area (Å²) >= 11 is 0. The van der Waals surface area contributed by atoms with Crippen LogP contribution in [0.5, 0.6) is 0 Å². The molecule has 1 amide bonds. The fourth-order valence-corrected chi connectivity index (χ4v) is 3.89. The third-order valence-corrected chi connectivity index (χ3v) is 5.85. The molecule has 156 valence electrons. The van der Waals surface area contributed by atoms with Gasteiger partial charge in [0, 0.05) is 5.69 Å². The number of hydrogen-bond donors (Lipinski definition) is 2. The third kappa shape index (κ3) is 6.40. The molecule has 0 radical (unpaired) electrons. The summed E-state index contributed by atoms with van der Waals surface area (Å²) in [6.45, 7) is 6.76. The van der Waals surface area contributed by atoms with Crippen LogP contribution < -0.4 is 10.0 Å². The number of hydrogen-bond acceptors (Lipinski definition) is 5. The van der Waals surface area contributed by atoms with Crippen LogP contribution in [-0.4, -0.2) is 32.9 Å². The molecule has 7 nitrogen and oxygen atoms in total. The molecule has 0 fully saturated rings. The monoisotopic (exact) mass is 418 g/mol. The van der Waals surface area contributed by atoms with Gasteiger partial charge in [0.05, 0.1) is 4.90 Å². The van der Waals surface area contributed by atoms with Gasteiger partial charge in [-0.25, -0.2) is 8.42 Å². The number of amides is 1. The maximum atomic E-state index is 12.5. The molecule has 0 bridgehead atoms. The lowest BCUT2D eigenvalue weighted by atomic mass is 10.1. The molecule has 0 heterocycles. The van der Waals surface area contributed by atoms with Crippen molar-refractivity contribution in [2.24, 2.45) is 5.92 Å². The molecule has 0 aliphatic carbocycles. The Kier molecular flexibility index (Phi) is 7.53. The van der Waals surface area contributed by atoms with Crippen molar-refractivity contribution in [2.45, 2.75) is 38.6 Å². The van der Waals surface area contributed by atoms with Gasteiger partial charge in [-0.05, 0) is 55.2 Å². The van der Waals surface area contributed by atoms with Crippen LogP contribution in [0.2, 0.25) is 0 Å². The molecule has 8 heteroatoms. The lowest BCUT2D eigenvalue weighted by Crippen LogP contribution is -2.45. The molecule has 0 unspecified atom stereocenters. The van der Waals surface area contributed by atoms with E-state index in [9.17, 15) is 18.0 Å². The van der Waals surface area contributed by atoms with Crippen molar-refractivity contribution in [1.29, 1.82) is 0 Å². The molecule has 0 saturated heterocycles.